The van der Waals surface area contributed by atoms with E-state index in [1.165, 1.54) is 25.7 Å². The molecule has 0 spiro atoms. The minimum Gasteiger partial charge on any atom is -0.494 e. The van der Waals surface area contributed by atoms with Gasteiger partial charge in [0.15, 0.2) is 0 Å². The van der Waals surface area contributed by atoms with Gasteiger partial charge in [-0.2, -0.15) is 15.5 Å². The van der Waals surface area contributed by atoms with Crippen LogP contribution in [-0.4, -0.2) is 6.61 Å². The second-order valence-corrected chi connectivity index (χ2v) is 7.44. The summed E-state index contributed by atoms with van der Waals surface area (Å²) in [7, 11) is 0. The van der Waals surface area contributed by atoms with Crippen molar-refractivity contribution in [3.63, 3.8) is 0 Å². The van der Waals surface area contributed by atoms with Crippen LogP contribution in [0.2, 0.25) is 0 Å². The Kier molecular flexibility index (Phi) is 9.06. The van der Waals surface area contributed by atoms with Gasteiger partial charge in [0, 0.05) is 11.1 Å². The van der Waals surface area contributed by atoms with Gasteiger partial charge in [0.1, 0.15) is 5.75 Å². The number of nitriles is 1. The maximum Gasteiger partial charge on any atom is 0.119 e. The van der Waals surface area contributed by atoms with Gasteiger partial charge >= 0.3 is 0 Å². The SMILES string of the molecule is CCCCCCCOc1ccc(N=Nc2ccc(C#Cc3ccc(C#N)cc3)cc2)cc1. The highest BCUT2D eigenvalue weighted by molar-refractivity contribution is 5.49. The summed E-state index contributed by atoms with van der Waals surface area (Å²) < 4.78 is 5.78. The summed E-state index contributed by atoms with van der Waals surface area (Å²) in [5.74, 6) is 7.08. The van der Waals surface area contributed by atoms with Gasteiger partial charge in [0.05, 0.1) is 29.6 Å². The average molecular weight is 422 g/mol. The fourth-order valence-corrected chi connectivity index (χ4v) is 3.00. The van der Waals surface area contributed by atoms with Crippen molar-refractivity contribution in [3.8, 4) is 23.7 Å². The minimum absolute atomic E-state index is 0.630. The Hall–Kier alpha value is -3.89. The molecule has 0 aliphatic heterocycles. The number of hydrogen-bond acceptors (Lipinski definition) is 4. The quantitative estimate of drug-likeness (QED) is 0.202. The van der Waals surface area contributed by atoms with Gasteiger partial charge in [-0.1, -0.05) is 44.4 Å². The summed E-state index contributed by atoms with van der Waals surface area (Å²) in [5.41, 5.74) is 3.94. The van der Waals surface area contributed by atoms with Crippen LogP contribution in [0.15, 0.2) is 83.0 Å². The second kappa shape index (κ2) is 12.7. The highest BCUT2D eigenvalue weighted by Gasteiger charge is 1.97. The van der Waals surface area contributed by atoms with Crippen LogP contribution in [0.1, 0.15) is 55.7 Å². The van der Waals surface area contributed by atoms with Crippen LogP contribution in [0.5, 0.6) is 5.75 Å². The van der Waals surface area contributed by atoms with E-state index in [2.05, 4.69) is 35.1 Å². The van der Waals surface area contributed by atoms with Gasteiger partial charge in [-0.3, -0.25) is 0 Å². The van der Waals surface area contributed by atoms with Crippen LogP contribution < -0.4 is 4.74 Å². The number of hydrogen-bond donors (Lipinski definition) is 0. The molecule has 0 aromatic heterocycles. The zero-order valence-electron chi connectivity index (χ0n) is 18.4. The first-order valence-corrected chi connectivity index (χ1v) is 11.0. The van der Waals surface area contributed by atoms with E-state index in [-0.39, 0.29) is 0 Å². The van der Waals surface area contributed by atoms with Gasteiger partial charge in [0.2, 0.25) is 0 Å². The molecule has 0 atom stereocenters. The zero-order chi connectivity index (χ0) is 22.4. The monoisotopic (exact) mass is 421 g/mol. The summed E-state index contributed by atoms with van der Waals surface area (Å²) in [5, 5.41) is 17.4. The Labute approximate surface area is 190 Å². The topological polar surface area (TPSA) is 57.7 Å². The Morgan fingerprint density at radius 2 is 1.16 bits per heavy atom. The third-order valence-corrected chi connectivity index (χ3v) is 4.87. The molecule has 3 aromatic rings. The van der Waals surface area contributed by atoms with Crippen LogP contribution in [0.25, 0.3) is 0 Å². The fourth-order valence-electron chi connectivity index (χ4n) is 3.00. The average Bonchev–Trinajstić information content (AvgIpc) is 2.85. The summed E-state index contributed by atoms with van der Waals surface area (Å²) >= 11 is 0. The molecule has 3 rings (SSSR count). The number of ether oxygens (including phenoxy) is 1. The van der Waals surface area contributed by atoms with Gasteiger partial charge in [-0.15, -0.1) is 0 Å². The summed E-state index contributed by atoms with van der Waals surface area (Å²) in [4.78, 5) is 0. The summed E-state index contributed by atoms with van der Waals surface area (Å²) in [6.45, 7) is 2.98. The Bertz CT molecular complexity index is 1100. The predicted octanol–water partition coefficient (Wildman–Crippen LogP) is 7.72. The van der Waals surface area contributed by atoms with Gasteiger partial charge in [-0.05, 0) is 79.2 Å². The number of unbranched alkanes of at least 4 members (excludes halogenated alkanes) is 4. The van der Waals surface area contributed by atoms with Crippen molar-refractivity contribution in [2.45, 2.75) is 39.0 Å². The van der Waals surface area contributed by atoms with E-state index in [1.807, 2.05) is 60.7 Å². The van der Waals surface area contributed by atoms with Crippen LogP contribution >= 0.6 is 0 Å². The molecule has 0 saturated heterocycles. The third-order valence-electron chi connectivity index (χ3n) is 4.87. The normalized spacial score (nSPS) is 10.4. The van der Waals surface area contributed by atoms with Crippen LogP contribution in [0.3, 0.4) is 0 Å². The molecule has 0 heterocycles. The largest absolute Gasteiger partial charge is 0.494 e. The number of azo groups is 1. The van der Waals surface area contributed by atoms with Crippen LogP contribution in [0.4, 0.5) is 11.4 Å². The first-order chi connectivity index (χ1) is 15.8. The molecule has 160 valence electrons. The van der Waals surface area contributed by atoms with E-state index in [4.69, 9.17) is 10.00 Å². The van der Waals surface area contributed by atoms with Crippen LogP contribution in [-0.2, 0) is 0 Å². The van der Waals surface area contributed by atoms with Gasteiger partial charge in [0.25, 0.3) is 0 Å². The van der Waals surface area contributed by atoms with Crippen LogP contribution in [0, 0.1) is 23.2 Å². The molecule has 0 aliphatic rings. The number of benzene rings is 3. The van der Waals surface area contributed by atoms with Crippen molar-refractivity contribution in [3.05, 3.63) is 89.5 Å². The van der Waals surface area contributed by atoms with E-state index in [9.17, 15) is 0 Å². The minimum atomic E-state index is 0.630. The van der Waals surface area contributed by atoms with Crippen molar-refractivity contribution in [1.29, 1.82) is 5.26 Å². The smallest absolute Gasteiger partial charge is 0.119 e. The van der Waals surface area contributed by atoms with Gasteiger partial charge < -0.3 is 4.74 Å². The molecule has 4 nitrogen and oxygen atoms in total. The molecule has 32 heavy (non-hydrogen) atoms. The van der Waals surface area contributed by atoms with Crippen molar-refractivity contribution >= 4 is 11.4 Å². The van der Waals surface area contributed by atoms with E-state index < -0.39 is 0 Å². The highest BCUT2D eigenvalue weighted by Crippen LogP contribution is 2.22. The molecule has 0 aliphatic carbocycles. The van der Waals surface area contributed by atoms with E-state index in [1.54, 1.807) is 12.1 Å². The summed E-state index contributed by atoms with van der Waals surface area (Å²) in [6.07, 6.45) is 6.16. The van der Waals surface area contributed by atoms with Gasteiger partial charge in [-0.25, -0.2) is 0 Å². The molecule has 0 saturated carbocycles. The Morgan fingerprint density at radius 1 is 0.656 bits per heavy atom. The van der Waals surface area contributed by atoms with Crippen molar-refractivity contribution < 1.29 is 4.74 Å². The Balaban J connectivity index is 1.49. The molecular weight excluding hydrogens is 394 g/mol. The van der Waals surface area contributed by atoms with Crippen molar-refractivity contribution in [1.82, 2.24) is 0 Å². The molecule has 0 unspecified atom stereocenters. The van der Waals surface area contributed by atoms with Crippen molar-refractivity contribution in [2.24, 2.45) is 10.2 Å². The lowest BCUT2D eigenvalue weighted by atomic mass is 10.1. The Morgan fingerprint density at radius 3 is 1.72 bits per heavy atom. The van der Waals surface area contributed by atoms with E-state index in [0.717, 1.165) is 41.3 Å². The second-order valence-electron chi connectivity index (χ2n) is 7.44. The number of nitrogens with zero attached hydrogens (tertiary/aromatic N) is 3. The molecule has 0 N–H and O–H groups in total. The molecule has 0 radical (unpaired) electrons. The first-order valence-electron chi connectivity index (χ1n) is 11.0. The predicted molar refractivity (Wildman–Crippen MR) is 128 cm³/mol. The molecule has 0 fully saturated rings. The zero-order valence-corrected chi connectivity index (χ0v) is 18.4. The van der Waals surface area contributed by atoms with E-state index in [0.29, 0.717) is 5.56 Å². The maximum absolute atomic E-state index is 8.84. The lowest BCUT2D eigenvalue weighted by molar-refractivity contribution is 0.304. The standard InChI is InChI=1S/C28H27N3O/c1-2-3-4-5-6-21-32-28-19-17-27(18-20-28)31-30-26-15-13-24(14-16-26)8-7-23-9-11-25(22-29)12-10-23/h9-20H,2-6,21H2,1H3. The summed E-state index contributed by atoms with van der Waals surface area (Å²) in [6, 6.07) is 24.6. The fraction of sp³-hybridized carbons (Fsp3) is 0.250. The lowest BCUT2D eigenvalue weighted by Gasteiger charge is -2.05. The molecule has 3 aromatic carbocycles. The molecule has 0 amide bonds. The van der Waals surface area contributed by atoms with E-state index >= 15 is 0 Å². The lowest BCUT2D eigenvalue weighted by Crippen LogP contribution is -1.96. The third kappa shape index (κ3) is 7.74. The molecule has 4 heteroatoms. The highest BCUT2D eigenvalue weighted by atomic mass is 16.5. The number of rotatable bonds is 9. The maximum atomic E-state index is 8.84. The van der Waals surface area contributed by atoms with Crippen molar-refractivity contribution in [2.75, 3.05) is 6.61 Å². The molecular formula is C28H27N3O. The first kappa shape index (κ1) is 22.8. The molecule has 0 bridgehead atoms.